The van der Waals surface area contributed by atoms with Gasteiger partial charge in [0, 0.05) is 26.2 Å². The van der Waals surface area contributed by atoms with Gasteiger partial charge in [0.1, 0.15) is 0 Å². The van der Waals surface area contributed by atoms with E-state index in [1.807, 2.05) is 20.8 Å². The zero-order chi connectivity index (χ0) is 12.3. The Bertz CT molecular complexity index is 278. The van der Waals surface area contributed by atoms with Crippen LogP contribution in [-0.2, 0) is 9.59 Å². The number of likely N-dealkylation sites (N-methyl/N-ethyl adjacent to an activating group) is 1. The fourth-order valence-electron chi connectivity index (χ4n) is 1.61. The quantitative estimate of drug-likeness (QED) is 0.718. The van der Waals surface area contributed by atoms with Crippen LogP contribution in [0.1, 0.15) is 20.8 Å². The Balaban J connectivity index is 2.53. The molecule has 1 aliphatic rings. The molecule has 0 aliphatic carbocycles. The molecule has 1 saturated heterocycles. The van der Waals surface area contributed by atoms with Crippen LogP contribution >= 0.6 is 0 Å². The number of carbonyl (C=O) groups excluding carboxylic acids is 2. The monoisotopic (exact) mass is 227 g/mol. The second-order valence-electron chi connectivity index (χ2n) is 4.53. The van der Waals surface area contributed by atoms with E-state index < -0.39 is 0 Å². The first-order valence-corrected chi connectivity index (χ1v) is 5.71. The van der Waals surface area contributed by atoms with E-state index in [4.69, 9.17) is 0 Å². The standard InChI is InChI=1S/C11H21N3O2/c1-8(2)13(4)10(15)7-14-6-5-12-9(3)11(14)16/h8-9,12H,5-7H2,1-4H3. The Morgan fingerprint density at radius 1 is 1.62 bits per heavy atom. The highest BCUT2D eigenvalue weighted by atomic mass is 16.2. The van der Waals surface area contributed by atoms with Gasteiger partial charge in [-0.25, -0.2) is 0 Å². The average Bonchev–Trinajstić information content (AvgIpc) is 2.23. The molecule has 0 saturated carbocycles. The Labute approximate surface area is 96.8 Å². The number of hydrogen-bond acceptors (Lipinski definition) is 3. The topological polar surface area (TPSA) is 52.7 Å². The van der Waals surface area contributed by atoms with Gasteiger partial charge < -0.3 is 15.1 Å². The molecule has 5 nitrogen and oxygen atoms in total. The molecule has 1 unspecified atom stereocenters. The molecule has 1 N–H and O–H groups in total. The van der Waals surface area contributed by atoms with Crippen molar-refractivity contribution in [2.24, 2.45) is 0 Å². The summed E-state index contributed by atoms with van der Waals surface area (Å²) in [5.74, 6) is 0.00852. The van der Waals surface area contributed by atoms with Crippen LogP contribution in [0.25, 0.3) is 0 Å². The Hall–Kier alpha value is -1.10. The van der Waals surface area contributed by atoms with Crippen LogP contribution < -0.4 is 5.32 Å². The van der Waals surface area contributed by atoms with E-state index in [1.165, 1.54) is 0 Å². The number of nitrogens with zero attached hydrogens (tertiary/aromatic N) is 2. The number of piperazine rings is 1. The van der Waals surface area contributed by atoms with E-state index in [0.717, 1.165) is 6.54 Å². The van der Waals surface area contributed by atoms with Crippen LogP contribution in [0.3, 0.4) is 0 Å². The smallest absolute Gasteiger partial charge is 0.242 e. The lowest BCUT2D eigenvalue weighted by molar-refractivity contribution is -0.143. The molecule has 0 aromatic rings. The normalized spacial score (nSPS) is 21.4. The van der Waals surface area contributed by atoms with Gasteiger partial charge in [-0.2, -0.15) is 0 Å². The van der Waals surface area contributed by atoms with E-state index >= 15 is 0 Å². The van der Waals surface area contributed by atoms with Crippen molar-refractivity contribution in [1.82, 2.24) is 15.1 Å². The zero-order valence-corrected chi connectivity index (χ0v) is 10.5. The number of hydrogen-bond donors (Lipinski definition) is 1. The van der Waals surface area contributed by atoms with Crippen molar-refractivity contribution in [3.8, 4) is 0 Å². The van der Waals surface area contributed by atoms with E-state index in [9.17, 15) is 9.59 Å². The number of amides is 2. The van der Waals surface area contributed by atoms with Gasteiger partial charge in [-0.05, 0) is 20.8 Å². The molecule has 0 bridgehead atoms. The summed E-state index contributed by atoms with van der Waals surface area (Å²) >= 11 is 0. The molecular weight excluding hydrogens is 206 g/mol. The third-order valence-electron chi connectivity index (χ3n) is 3.01. The van der Waals surface area contributed by atoms with E-state index in [0.29, 0.717) is 6.54 Å². The first-order chi connectivity index (χ1) is 7.43. The largest absolute Gasteiger partial charge is 0.342 e. The van der Waals surface area contributed by atoms with Crippen LogP contribution in [0.15, 0.2) is 0 Å². The number of carbonyl (C=O) groups is 2. The van der Waals surface area contributed by atoms with Gasteiger partial charge in [0.05, 0.1) is 12.6 Å². The molecule has 1 rings (SSSR count). The van der Waals surface area contributed by atoms with Gasteiger partial charge in [0.2, 0.25) is 11.8 Å². The van der Waals surface area contributed by atoms with E-state index in [1.54, 1.807) is 16.8 Å². The van der Waals surface area contributed by atoms with Crippen LogP contribution in [0.2, 0.25) is 0 Å². The van der Waals surface area contributed by atoms with Crippen molar-refractivity contribution >= 4 is 11.8 Å². The van der Waals surface area contributed by atoms with E-state index in [2.05, 4.69) is 5.32 Å². The Morgan fingerprint density at radius 2 is 2.25 bits per heavy atom. The number of nitrogens with one attached hydrogen (secondary N) is 1. The van der Waals surface area contributed by atoms with Crippen LogP contribution in [0.5, 0.6) is 0 Å². The first-order valence-electron chi connectivity index (χ1n) is 5.71. The molecule has 0 spiro atoms. The zero-order valence-electron chi connectivity index (χ0n) is 10.5. The summed E-state index contributed by atoms with van der Waals surface area (Å²) in [6, 6.07) is -0.00570. The predicted molar refractivity (Wildman–Crippen MR) is 62.0 cm³/mol. The minimum Gasteiger partial charge on any atom is -0.342 e. The van der Waals surface area contributed by atoms with Gasteiger partial charge in [0.15, 0.2) is 0 Å². The fourth-order valence-corrected chi connectivity index (χ4v) is 1.61. The lowest BCUT2D eigenvalue weighted by atomic mass is 10.2. The summed E-state index contributed by atoms with van der Waals surface area (Å²) in [7, 11) is 1.77. The SMILES string of the molecule is CC1NCCN(CC(=O)N(C)C(C)C)C1=O. The minimum absolute atomic E-state index is 0.00236. The lowest BCUT2D eigenvalue weighted by Crippen LogP contribution is -2.56. The summed E-state index contributed by atoms with van der Waals surface area (Å²) in [5.41, 5.74) is 0. The highest BCUT2D eigenvalue weighted by Gasteiger charge is 2.27. The number of rotatable bonds is 3. The summed E-state index contributed by atoms with van der Waals surface area (Å²) < 4.78 is 0. The second-order valence-corrected chi connectivity index (χ2v) is 4.53. The second kappa shape index (κ2) is 5.30. The first kappa shape index (κ1) is 13.0. The molecule has 92 valence electrons. The van der Waals surface area contributed by atoms with Crippen LogP contribution in [-0.4, -0.2) is 60.4 Å². The average molecular weight is 227 g/mol. The molecule has 16 heavy (non-hydrogen) atoms. The van der Waals surface area contributed by atoms with Crippen molar-refractivity contribution in [3.63, 3.8) is 0 Å². The molecule has 0 aromatic carbocycles. The van der Waals surface area contributed by atoms with Crippen LogP contribution in [0, 0.1) is 0 Å². The fraction of sp³-hybridized carbons (Fsp3) is 0.818. The van der Waals surface area contributed by atoms with Crippen molar-refractivity contribution in [1.29, 1.82) is 0 Å². The molecule has 1 aliphatic heterocycles. The molecular formula is C11H21N3O2. The third-order valence-corrected chi connectivity index (χ3v) is 3.01. The summed E-state index contributed by atoms with van der Waals surface area (Å²) in [5, 5.41) is 3.07. The molecule has 1 atom stereocenters. The van der Waals surface area contributed by atoms with Crippen LogP contribution in [0.4, 0.5) is 0 Å². The molecule has 5 heteroatoms. The van der Waals surface area contributed by atoms with Gasteiger partial charge >= 0.3 is 0 Å². The molecule has 0 radical (unpaired) electrons. The van der Waals surface area contributed by atoms with Crippen molar-refractivity contribution in [3.05, 3.63) is 0 Å². The van der Waals surface area contributed by atoms with Crippen molar-refractivity contribution in [2.45, 2.75) is 32.9 Å². The van der Waals surface area contributed by atoms with Gasteiger partial charge in [0.25, 0.3) is 0 Å². The van der Waals surface area contributed by atoms with Gasteiger partial charge in [-0.3, -0.25) is 9.59 Å². The lowest BCUT2D eigenvalue weighted by Gasteiger charge is -2.32. The molecule has 0 aromatic heterocycles. The predicted octanol–water partition coefficient (Wildman–Crippen LogP) is -0.326. The Kier molecular flexibility index (Phi) is 4.29. The maximum atomic E-state index is 11.8. The molecule has 1 heterocycles. The van der Waals surface area contributed by atoms with Gasteiger partial charge in [-0.15, -0.1) is 0 Å². The summed E-state index contributed by atoms with van der Waals surface area (Å²) in [6.07, 6.45) is 0. The molecule has 1 fully saturated rings. The highest BCUT2D eigenvalue weighted by Crippen LogP contribution is 2.03. The van der Waals surface area contributed by atoms with E-state index in [-0.39, 0.29) is 30.4 Å². The van der Waals surface area contributed by atoms with Crippen molar-refractivity contribution < 1.29 is 9.59 Å². The summed E-state index contributed by atoms with van der Waals surface area (Å²) in [4.78, 5) is 26.9. The third kappa shape index (κ3) is 2.95. The summed E-state index contributed by atoms with van der Waals surface area (Å²) in [6.45, 7) is 7.30. The minimum atomic E-state index is -0.175. The van der Waals surface area contributed by atoms with Crippen molar-refractivity contribution in [2.75, 3.05) is 26.7 Å². The van der Waals surface area contributed by atoms with Gasteiger partial charge in [-0.1, -0.05) is 0 Å². The Morgan fingerprint density at radius 3 is 2.81 bits per heavy atom. The molecule has 2 amide bonds. The maximum Gasteiger partial charge on any atom is 0.242 e. The maximum absolute atomic E-state index is 11.8. The highest BCUT2D eigenvalue weighted by molar-refractivity contribution is 5.87.